The molecule has 0 bridgehead atoms. The van der Waals surface area contributed by atoms with Crippen molar-refractivity contribution >= 4 is 11.7 Å². The number of hydrogen-bond donors (Lipinski definition) is 1. The zero-order chi connectivity index (χ0) is 12.8. The number of anilines is 1. The maximum Gasteiger partial charge on any atom is 0.321 e. The molecule has 2 rings (SSSR count). The van der Waals surface area contributed by atoms with Gasteiger partial charge < -0.3 is 10.2 Å². The van der Waals surface area contributed by atoms with E-state index in [-0.39, 0.29) is 6.03 Å². The van der Waals surface area contributed by atoms with Crippen molar-refractivity contribution in [3.05, 3.63) is 42.0 Å². The molecule has 1 N–H and O–H groups in total. The van der Waals surface area contributed by atoms with E-state index >= 15 is 0 Å². The number of likely N-dealkylation sites (N-methyl/N-ethyl adjacent to an activating group) is 1. The van der Waals surface area contributed by atoms with Gasteiger partial charge in [-0.25, -0.2) is 4.79 Å². The fourth-order valence-corrected chi connectivity index (χ4v) is 2.17. The Kier molecular flexibility index (Phi) is 4.40. The predicted octanol–water partition coefficient (Wildman–Crippen LogP) is 3.65. The normalized spacial score (nSPS) is 14.8. The fraction of sp³-hybridized carbons (Fsp3) is 0.400. The van der Waals surface area contributed by atoms with Gasteiger partial charge >= 0.3 is 6.03 Å². The van der Waals surface area contributed by atoms with Crippen molar-refractivity contribution in [1.82, 2.24) is 4.90 Å². The third-order valence-corrected chi connectivity index (χ3v) is 3.20. The molecule has 96 valence electrons. The lowest BCUT2D eigenvalue weighted by Crippen LogP contribution is -2.33. The van der Waals surface area contributed by atoms with Crippen molar-refractivity contribution in [2.45, 2.75) is 25.7 Å². The topological polar surface area (TPSA) is 32.3 Å². The fourth-order valence-electron chi connectivity index (χ4n) is 2.17. The van der Waals surface area contributed by atoms with E-state index < -0.39 is 0 Å². The average Bonchev–Trinajstić information content (AvgIpc) is 2.41. The van der Waals surface area contributed by atoms with Crippen molar-refractivity contribution in [1.29, 1.82) is 0 Å². The number of rotatable bonds is 3. The van der Waals surface area contributed by atoms with E-state index in [9.17, 15) is 4.79 Å². The van der Waals surface area contributed by atoms with E-state index in [1.54, 1.807) is 4.90 Å². The van der Waals surface area contributed by atoms with Gasteiger partial charge in [-0.3, -0.25) is 0 Å². The Labute approximate surface area is 108 Å². The summed E-state index contributed by atoms with van der Waals surface area (Å²) < 4.78 is 0. The average molecular weight is 244 g/mol. The smallest absolute Gasteiger partial charge is 0.321 e. The molecule has 0 aliphatic heterocycles. The first kappa shape index (κ1) is 12.7. The lowest BCUT2D eigenvalue weighted by atomic mass is 9.99. The first-order chi connectivity index (χ1) is 8.75. The lowest BCUT2D eigenvalue weighted by molar-refractivity contribution is 0.225. The molecule has 1 aromatic rings. The molecule has 0 atom stereocenters. The van der Waals surface area contributed by atoms with Crippen LogP contribution in [0.4, 0.5) is 10.5 Å². The van der Waals surface area contributed by atoms with Crippen LogP contribution in [-0.4, -0.2) is 24.5 Å². The molecule has 0 heterocycles. The first-order valence-corrected chi connectivity index (χ1v) is 6.51. The first-order valence-electron chi connectivity index (χ1n) is 6.51. The third-order valence-electron chi connectivity index (χ3n) is 3.20. The summed E-state index contributed by atoms with van der Waals surface area (Å²) in [7, 11) is 1.84. The molecule has 0 spiro atoms. The van der Waals surface area contributed by atoms with Crippen LogP contribution in [0.5, 0.6) is 0 Å². The Morgan fingerprint density at radius 3 is 2.72 bits per heavy atom. The van der Waals surface area contributed by atoms with Gasteiger partial charge in [0.15, 0.2) is 0 Å². The summed E-state index contributed by atoms with van der Waals surface area (Å²) in [5, 5.41) is 2.89. The van der Waals surface area contributed by atoms with Crippen molar-refractivity contribution < 1.29 is 4.79 Å². The van der Waals surface area contributed by atoms with Gasteiger partial charge in [-0.2, -0.15) is 0 Å². The Balaban J connectivity index is 1.87. The number of carbonyl (C=O) groups excluding carboxylic acids is 1. The highest BCUT2D eigenvalue weighted by Gasteiger charge is 2.12. The Morgan fingerprint density at radius 1 is 1.28 bits per heavy atom. The van der Waals surface area contributed by atoms with E-state index in [0.717, 1.165) is 25.1 Å². The van der Waals surface area contributed by atoms with Gasteiger partial charge in [0, 0.05) is 19.3 Å². The number of amides is 2. The van der Waals surface area contributed by atoms with Crippen molar-refractivity contribution in [2.75, 3.05) is 18.9 Å². The van der Waals surface area contributed by atoms with Crippen molar-refractivity contribution in [2.24, 2.45) is 0 Å². The maximum atomic E-state index is 12.0. The molecule has 2 amide bonds. The summed E-state index contributed by atoms with van der Waals surface area (Å²) in [6.45, 7) is 0.735. The van der Waals surface area contributed by atoms with Gasteiger partial charge in [0.1, 0.15) is 0 Å². The molecule has 0 radical (unpaired) electrons. The Hall–Kier alpha value is -1.77. The van der Waals surface area contributed by atoms with Crippen LogP contribution in [0.2, 0.25) is 0 Å². The van der Waals surface area contributed by atoms with Crippen molar-refractivity contribution in [3.63, 3.8) is 0 Å². The highest BCUT2D eigenvalue weighted by Crippen LogP contribution is 2.18. The second-order valence-electron chi connectivity index (χ2n) is 4.76. The maximum absolute atomic E-state index is 12.0. The van der Waals surface area contributed by atoms with Crippen molar-refractivity contribution in [3.8, 4) is 0 Å². The van der Waals surface area contributed by atoms with Crippen LogP contribution in [-0.2, 0) is 0 Å². The van der Waals surface area contributed by atoms with Gasteiger partial charge in [0.25, 0.3) is 0 Å². The van der Waals surface area contributed by atoms with Crippen LogP contribution in [0.3, 0.4) is 0 Å². The van der Waals surface area contributed by atoms with Gasteiger partial charge in [-0.05, 0) is 37.8 Å². The molecule has 1 aromatic carbocycles. The SMILES string of the molecule is CN(CC1=CCCCC1)C(=O)Nc1ccccc1. The minimum absolute atomic E-state index is 0.0485. The Morgan fingerprint density at radius 2 is 2.06 bits per heavy atom. The van der Waals surface area contributed by atoms with Gasteiger partial charge in [-0.15, -0.1) is 0 Å². The Bertz CT molecular complexity index is 425. The molecule has 3 nitrogen and oxygen atoms in total. The van der Waals surface area contributed by atoms with Crippen LogP contribution in [0.15, 0.2) is 42.0 Å². The van der Waals surface area contributed by atoms with E-state index in [0.29, 0.717) is 0 Å². The molecular formula is C15H20N2O. The number of nitrogens with zero attached hydrogens (tertiary/aromatic N) is 1. The number of allylic oxidation sites excluding steroid dienone is 1. The van der Waals surface area contributed by atoms with E-state index in [4.69, 9.17) is 0 Å². The summed E-state index contributed by atoms with van der Waals surface area (Å²) in [5.74, 6) is 0. The zero-order valence-electron chi connectivity index (χ0n) is 10.9. The summed E-state index contributed by atoms with van der Waals surface area (Å²) in [4.78, 5) is 13.7. The second-order valence-corrected chi connectivity index (χ2v) is 4.76. The highest BCUT2D eigenvalue weighted by molar-refractivity contribution is 5.89. The predicted molar refractivity (Wildman–Crippen MR) is 74.6 cm³/mol. The number of para-hydroxylation sites is 1. The number of nitrogens with one attached hydrogen (secondary N) is 1. The second kappa shape index (κ2) is 6.24. The van der Waals surface area contributed by atoms with Gasteiger partial charge in [0.2, 0.25) is 0 Å². The summed E-state index contributed by atoms with van der Waals surface area (Å²) in [6.07, 6.45) is 7.09. The lowest BCUT2D eigenvalue weighted by Gasteiger charge is -2.21. The molecule has 18 heavy (non-hydrogen) atoms. The standard InChI is InChI=1S/C15H20N2O/c1-17(12-13-8-4-2-5-9-13)15(18)16-14-10-6-3-7-11-14/h3,6-8,10-11H,2,4-5,9,12H2,1H3,(H,16,18). The summed E-state index contributed by atoms with van der Waals surface area (Å²) in [5.41, 5.74) is 2.22. The number of urea groups is 1. The van der Waals surface area contributed by atoms with Crippen LogP contribution in [0.1, 0.15) is 25.7 Å². The monoisotopic (exact) mass is 244 g/mol. The molecule has 3 heteroatoms. The molecule has 1 aliphatic rings. The summed E-state index contributed by atoms with van der Waals surface area (Å²) in [6, 6.07) is 9.51. The largest absolute Gasteiger partial charge is 0.324 e. The minimum Gasteiger partial charge on any atom is -0.324 e. The zero-order valence-corrected chi connectivity index (χ0v) is 10.9. The quantitative estimate of drug-likeness (QED) is 0.809. The van der Waals surface area contributed by atoms with Crippen LogP contribution < -0.4 is 5.32 Å². The number of carbonyl (C=O) groups is 1. The molecule has 0 saturated carbocycles. The minimum atomic E-state index is -0.0485. The van der Waals surface area contributed by atoms with E-state index in [1.165, 1.54) is 18.4 Å². The third kappa shape index (κ3) is 3.62. The number of hydrogen-bond acceptors (Lipinski definition) is 1. The van der Waals surface area contributed by atoms with E-state index in [1.807, 2.05) is 37.4 Å². The summed E-state index contributed by atoms with van der Waals surface area (Å²) >= 11 is 0. The molecule has 0 unspecified atom stereocenters. The highest BCUT2D eigenvalue weighted by atomic mass is 16.2. The molecule has 0 aromatic heterocycles. The van der Waals surface area contributed by atoms with Crippen LogP contribution >= 0.6 is 0 Å². The van der Waals surface area contributed by atoms with Crippen LogP contribution in [0, 0.1) is 0 Å². The van der Waals surface area contributed by atoms with Gasteiger partial charge in [-0.1, -0.05) is 29.8 Å². The van der Waals surface area contributed by atoms with Crippen LogP contribution in [0.25, 0.3) is 0 Å². The van der Waals surface area contributed by atoms with Gasteiger partial charge in [0.05, 0.1) is 0 Å². The molecule has 0 saturated heterocycles. The molecule has 1 aliphatic carbocycles. The van der Waals surface area contributed by atoms with E-state index in [2.05, 4.69) is 11.4 Å². The number of benzene rings is 1. The molecular weight excluding hydrogens is 224 g/mol. The molecule has 0 fully saturated rings.